The summed E-state index contributed by atoms with van der Waals surface area (Å²) in [5.74, 6) is 0.730. The van der Waals surface area contributed by atoms with E-state index in [4.69, 9.17) is 0 Å². The highest BCUT2D eigenvalue weighted by Gasteiger charge is 2.35. The normalized spacial score (nSPS) is 18.8. The Labute approximate surface area is 176 Å². The first-order valence-electron chi connectivity index (χ1n) is 10.4. The van der Waals surface area contributed by atoms with Crippen molar-refractivity contribution >= 4 is 35.0 Å². The SMILES string of the molecule is Cc1ccc(N2CC(C(=O)Nc3cnc(N4CCCC4)nc3N(C)C)CC2=O)cc1. The summed E-state index contributed by atoms with van der Waals surface area (Å²) in [6.07, 6.45) is 4.16. The lowest BCUT2D eigenvalue weighted by Crippen LogP contribution is -2.29. The summed E-state index contributed by atoms with van der Waals surface area (Å²) in [6, 6.07) is 7.78. The quantitative estimate of drug-likeness (QED) is 0.818. The third-order valence-electron chi connectivity index (χ3n) is 5.67. The standard InChI is InChI=1S/C22H28N6O2/c1-15-6-8-17(9-7-15)28-14-16(12-19(28)29)21(30)24-18-13-23-22(25-20(18)26(2)3)27-10-4-5-11-27/h6-9,13,16H,4-5,10-12,14H2,1-3H3,(H,24,30). The Morgan fingerprint density at radius 1 is 1.17 bits per heavy atom. The molecule has 0 spiro atoms. The van der Waals surface area contributed by atoms with Crippen LogP contribution < -0.4 is 20.0 Å². The molecule has 3 heterocycles. The van der Waals surface area contributed by atoms with Crippen molar-refractivity contribution in [3.63, 3.8) is 0 Å². The van der Waals surface area contributed by atoms with Crippen LogP contribution in [0, 0.1) is 12.8 Å². The van der Waals surface area contributed by atoms with Gasteiger partial charge in [-0.25, -0.2) is 4.98 Å². The Morgan fingerprint density at radius 3 is 2.53 bits per heavy atom. The molecule has 1 atom stereocenters. The minimum Gasteiger partial charge on any atom is -0.361 e. The van der Waals surface area contributed by atoms with E-state index in [1.807, 2.05) is 50.2 Å². The summed E-state index contributed by atoms with van der Waals surface area (Å²) in [5, 5.41) is 2.95. The molecule has 4 rings (SSSR count). The number of nitrogens with zero attached hydrogens (tertiary/aromatic N) is 5. The average Bonchev–Trinajstić information content (AvgIpc) is 3.39. The van der Waals surface area contributed by atoms with E-state index in [2.05, 4.69) is 20.2 Å². The summed E-state index contributed by atoms with van der Waals surface area (Å²) >= 11 is 0. The summed E-state index contributed by atoms with van der Waals surface area (Å²) in [7, 11) is 3.79. The van der Waals surface area contributed by atoms with Gasteiger partial charge in [0.2, 0.25) is 17.8 Å². The van der Waals surface area contributed by atoms with Crippen LogP contribution in [0.15, 0.2) is 30.5 Å². The Balaban J connectivity index is 1.48. The maximum atomic E-state index is 12.9. The number of benzene rings is 1. The number of amides is 2. The zero-order chi connectivity index (χ0) is 21.3. The Bertz CT molecular complexity index is 937. The average molecular weight is 409 g/mol. The van der Waals surface area contributed by atoms with E-state index >= 15 is 0 Å². The molecule has 30 heavy (non-hydrogen) atoms. The Morgan fingerprint density at radius 2 is 1.87 bits per heavy atom. The maximum Gasteiger partial charge on any atom is 0.229 e. The van der Waals surface area contributed by atoms with Crippen LogP contribution in [0.1, 0.15) is 24.8 Å². The number of aromatic nitrogens is 2. The molecule has 2 aliphatic heterocycles. The van der Waals surface area contributed by atoms with Crippen molar-refractivity contribution in [1.29, 1.82) is 0 Å². The van der Waals surface area contributed by atoms with Crippen molar-refractivity contribution < 1.29 is 9.59 Å². The fraction of sp³-hybridized carbons (Fsp3) is 0.455. The van der Waals surface area contributed by atoms with E-state index in [9.17, 15) is 9.59 Å². The van der Waals surface area contributed by atoms with E-state index in [0.29, 0.717) is 24.0 Å². The molecule has 2 amide bonds. The van der Waals surface area contributed by atoms with E-state index in [0.717, 1.165) is 37.2 Å². The van der Waals surface area contributed by atoms with Gasteiger partial charge in [-0.3, -0.25) is 9.59 Å². The van der Waals surface area contributed by atoms with E-state index in [1.165, 1.54) is 0 Å². The first-order valence-corrected chi connectivity index (χ1v) is 10.4. The van der Waals surface area contributed by atoms with Gasteiger partial charge in [-0.1, -0.05) is 17.7 Å². The lowest BCUT2D eigenvalue weighted by molar-refractivity contribution is -0.122. The second-order valence-corrected chi connectivity index (χ2v) is 8.23. The van der Waals surface area contributed by atoms with Gasteiger partial charge in [-0.2, -0.15) is 4.98 Å². The molecule has 1 N–H and O–H groups in total. The summed E-state index contributed by atoms with van der Waals surface area (Å²) in [6.45, 7) is 4.29. The van der Waals surface area contributed by atoms with Crippen LogP contribution in [0.5, 0.6) is 0 Å². The number of nitrogens with one attached hydrogen (secondary N) is 1. The largest absolute Gasteiger partial charge is 0.361 e. The fourth-order valence-corrected chi connectivity index (χ4v) is 3.95. The second kappa shape index (κ2) is 8.30. The molecule has 2 saturated heterocycles. The molecule has 2 aromatic rings. The third-order valence-corrected chi connectivity index (χ3v) is 5.67. The van der Waals surface area contributed by atoms with Crippen LogP contribution in [-0.4, -0.2) is 55.5 Å². The van der Waals surface area contributed by atoms with Crippen LogP contribution in [0.25, 0.3) is 0 Å². The predicted octanol–water partition coefficient (Wildman–Crippen LogP) is 2.44. The van der Waals surface area contributed by atoms with E-state index in [-0.39, 0.29) is 18.2 Å². The molecular weight excluding hydrogens is 380 g/mol. The van der Waals surface area contributed by atoms with Crippen molar-refractivity contribution in [2.45, 2.75) is 26.2 Å². The van der Waals surface area contributed by atoms with E-state index < -0.39 is 5.92 Å². The molecule has 0 bridgehead atoms. The number of anilines is 4. The van der Waals surface area contributed by atoms with Crippen LogP contribution in [-0.2, 0) is 9.59 Å². The Hall–Kier alpha value is -3.16. The number of aryl methyl sites for hydroxylation is 1. The summed E-state index contributed by atoms with van der Waals surface area (Å²) < 4.78 is 0. The summed E-state index contributed by atoms with van der Waals surface area (Å²) in [4.78, 5) is 40.3. The highest BCUT2D eigenvalue weighted by Crippen LogP contribution is 2.29. The van der Waals surface area contributed by atoms with Crippen molar-refractivity contribution in [2.24, 2.45) is 5.92 Å². The second-order valence-electron chi connectivity index (χ2n) is 8.23. The number of carbonyl (C=O) groups excluding carboxylic acids is 2. The van der Waals surface area contributed by atoms with Gasteiger partial charge < -0.3 is 20.0 Å². The van der Waals surface area contributed by atoms with Crippen LogP contribution >= 0.6 is 0 Å². The zero-order valence-corrected chi connectivity index (χ0v) is 17.8. The predicted molar refractivity (Wildman–Crippen MR) is 118 cm³/mol. The fourth-order valence-electron chi connectivity index (χ4n) is 3.95. The molecule has 1 aromatic heterocycles. The van der Waals surface area contributed by atoms with E-state index in [1.54, 1.807) is 11.1 Å². The molecule has 8 heteroatoms. The molecule has 2 aliphatic rings. The molecule has 1 aromatic carbocycles. The van der Waals surface area contributed by atoms with Crippen molar-refractivity contribution in [3.8, 4) is 0 Å². The molecule has 0 aliphatic carbocycles. The third kappa shape index (κ3) is 4.08. The van der Waals surface area contributed by atoms with Gasteiger partial charge in [-0.15, -0.1) is 0 Å². The smallest absolute Gasteiger partial charge is 0.229 e. The van der Waals surface area contributed by atoms with Crippen LogP contribution in [0.4, 0.5) is 23.1 Å². The lowest BCUT2D eigenvalue weighted by atomic mass is 10.1. The topological polar surface area (TPSA) is 81.7 Å². The monoisotopic (exact) mass is 408 g/mol. The number of carbonyl (C=O) groups is 2. The van der Waals surface area contributed by atoms with Gasteiger partial charge in [-0.05, 0) is 31.9 Å². The van der Waals surface area contributed by atoms with Gasteiger partial charge >= 0.3 is 0 Å². The minimum atomic E-state index is -0.410. The molecule has 8 nitrogen and oxygen atoms in total. The van der Waals surface area contributed by atoms with Crippen LogP contribution in [0.3, 0.4) is 0 Å². The van der Waals surface area contributed by atoms with Gasteiger partial charge in [0.05, 0.1) is 12.1 Å². The van der Waals surface area contributed by atoms with Gasteiger partial charge in [0.1, 0.15) is 5.69 Å². The highest BCUT2D eigenvalue weighted by molar-refractivity contribution is 6.04. The van der Waals surface area contributed by atoms with Crippen molar-refractivity contribution in [1.82, 2.24) is 9.97 Å². The molecule has 158 valence electrons. The zero-order valence-electron chi connectivity index (χ0n) is 17.8. The maximum absolute atomic E-state index is 12.9. The Kier molecular flexibility index (Phi) is 5.57. The number of rotatable bonds is 5. The first-order chi connectivity index (χ1) is 14.4. The van der Waals surface area contributed by atoms with Gasteiger partial charge in [0, 0.05) is 45.8 Å². The number of hydrogen-bond donors (Lipinski definition) is 1. The lowest BCUT2D eigenvalue weighted by Gasteiger charge is -2.21. The first kappa shape index (κ1) is 20.1. The molecule has 1 unspecified atom stereocenters. The van der Waals surface area contributed by atoms with Gasteiger partial charge in [0.25, 0.3) is 0 Å². The molecule has 0 radical (unpaired) electrons. The van der Waals surface area contributed by atoms with Gasteiger partial charge in [0.15, 0.2) is 5.82 Å². The highest BCUT2D eigenvalue weighted by atomic mass is 16.2. The number of hydrogen-bond acceptors (Lipinski definition) is 6. The van der Waals surface area contributed by atoms with Crippen molar-refractivity contribution in [3.05, 3.63) is 36.0 Å². The van der Waals surface area contributed by atoms with Crippen LogP contribution in [0.2, 0.25) is 0 Å². The molecule has 0 saturated carbocycles. The summed E-state index contributed by atoms with van der Waals surface area (Å²) in [5.41, 5.74) is 2.52. The molecule has 2 fully saturated rings. The minimum absolute atomic E-state index is 0.0348. The molecular formula is C22H28N6O2. The van der Waals surface area contributed by atoms with Crippen molar-refractivity contribution in [2.75, 3.05) is 53.7 Å².